The first-order valence-corrected chi connectivity index (χ1v) is 10.3. The van der Waals surface area contributed by atoms with E-state index in [9.17, 15) is 9.59 Å². The van der Waals surface area contributed by atoms with Crippen LogP contribution in [-0.2, 0) is 22.6 Å². The molecule has 4 rings (SSSR count). The van der Waals surface area contributed by atoms with Gasteiger partial charge < -0.3 is 14.8 Å². The van der Waals surface area contributed by atoms with Gasteiger partial charge in [-0.25, -0.2) is 0 Å². The van der Waals surface area contributed by atoms with Crippen molar-refractivity contribution in [3.63, 3.8) is 0 Å². The Morgan fingerprint density at radius 1 is 1.26 bits per heavy atom. The standard InChI is InChI=1S/C18H17N5O2S2/c24-16-10-23(15-6-2-1-5-14(15)20-16)17(25)11-27-18-21-19-12-22(18)8-7-13-4-3-9-26-13/h1-6,9,12H,7-8,10-11H2,(H,20,24). The average molecular weight is 400 g/mol. The summed E-state index contributed by atoms with van der Waals surface area (Å²) in [5.41, 5.74) is 1.38. The lowest BCUT2D eigenvalue weighted by molar-refractivity contribution is -0.120. The van der Waals surface area contributed by atoms with Crippen LogP contribution in [0.1, 0.15) is 4.88 Å². The Morgan fingerprint density at radius 2 is 2.15 bits per heavy atom. The molecule has 0 spiro atoms. The van der Waals surface area contributed by atoms with E-state index in [0.29, 0.717) is 10.8 Å². The molecule has 0 saturated heterocycles. The van der Waals surface area contributed by atoms with Crippen molar-refractivity contribution in [2.45, 2.75) is 18.1 Å². The number of hydrogen-bond acceptors (Lipinski definition) is 6. The van der Waals surface area contributed by atoms with Gasteiger partial charge in [0.25, 0.3) is 0 Å². The number of fused-ring (bicyclic) bond motifs is 1. The van der Waals surface area contributed by atoms with Gasteiger partial charge in [0.2, 0.25) is 11.8 Å². The second-order valence-electron chi connectivity index (χ2n) is 5.97. The Bertz CT molecular complexity index is 954. The highest BCUT2D eigenvalue weighted by atomic mass is 32.2. The molecule has 9 heteroatoms. The molecule has 0 bridgehead atoms. The van der Waals surface area contributed by atoms with E-state index in [4.69, 9.17) is 0 Å². The molecule has 0 saturated carbocycles. The number of nitrogens with zero attached hydrogens (tertiary/aromatic N) is 4. The van der Waals surface area contributed by atoms with Crippen molar-refractivity contribution < 1.29 is 9.59 Å². The van der Waals surface area contributed by atoms with Crippen LogP contribution in [0.4, 0.5) is 11.4 Å². The topological polar surface area (TPSA) is 80.1 Å². The van der Waals surface area contributed by atoms with Crippen molar-refractivity contribution in [1.82, 2.24) is 14.8 Å². The summed E-state index contributed by atoms with van der Waals surface area (Å²) in [6, 6.07) is 11.4. The van der Waals surface area contributed by atoms with Gasteiger partial charge in [0, 0.05) is 11.4 Å². The first kappa shape index (κ1) is 17.7. The van der Waals surface area contributed by atoms with E-state index in [1.165, 1.54) is 21.5 Å². The molecule has 0 fully saturated rings. The minimum absolute atomic E-state index is 0.0292. The number of anilines is 2. The Balaban J connectivity index is 1.40. The fourth-order valence-corrected chi connectivity index (χ4v) is 4.37. The van der Waals surface area contributed by atoms with Crippen LogP contribution in [0.5, 0.6) is 0 Å². The van der Waals surface area contributed by atoms with Crippen LogP contribution in [-0.4, -0.2) is 38.9 Å². The van der Waals surface area contributed by atoms with Crippen LogP contribution >= 0.6 is 23.1 Å². The molecule has 27 heavy (non-hydrogen) atoms. The van der Waals surface area contributed by atoms with Crippen molar-refractivity contribution in [1.29, 1.82) is 0 Å². The van der Waals surface area contributed by atoms with E-state index in [0.717, 1.165) is 18.7 Å². The summed E-state index contributed by atoms with van der Waals surface area (Å²) >= 11 is 3.06. The largest absolute Gasteiger partial charge is 0.323 e. The number of rotatable bonds is 6. The van der Waals surface area contributed by atoms with E-state index in [1.54, 1.807) is 23.7 Å². The molecule has 7 nitrogen and oxygen atoms in total. The van der Waals surface area contributed by atoms with Crippen molar-refractivity contribution in [2.24, 2.45) is 0 Å². The van der Waals surface area contributed by atoms with Crippen LogP contribution < -0.4 is 10.2 Å². The summed E-state index contributed by atoms with van der Waals surface area (Å²) < 4.78 is 1.95. The summed E-state index contributed by atoms with van der Waals surface area (Å²) in [5.74, 6) is -0.125. The number of carbonyl (C=O) groups is 2. The zero-order chi connectivity index (χ0) is 18.6. The van der Waals surface area contributed by atoms with Gasteiger partial charge in [-0.15, -0.1) is 21.5 Å². The number of hydrogen-bond donors (Lipinski definition) is 1. The summed E-state index contributed by atoms with van der Waals surface area (Å²) in [7, 11) is 0. The number of thioether (sulfide) groups is 1. The van der Waals surface area contributed by atoms with E-state index in [1.807, 2.05) is 28.8 Å². The molecule has 3 aromatic rings. The molecule has 1 aliphatic rings. The summed E-state index contributed by atoms with van der Waals surface area (Å²) in [6.45, 7) is 0.792. The third-order valence-electron chi connectivity index (χ3n) is 4.16. The zero-order valence-corrected chi connectivity index (χ0v) is 16.0. The van der Waals surface area contributed by atoms with Crippen molar-refractivity contribution in [2.75, 3.05) is 22.5 Å². The lowest BCUT2D eigenvalue weighted by atomic mass is 10.2. The molecule has 2 aromatic heterocycles. The molecule has 0 unspecified atom stereocenters. The molecule has 1 aliphatic heterocycles. The van der Waals surface area contributed by atoms with E-state index >= 15 is 0 Å². The Labute approximate surface area is 164 Å². The predicted molar refractivity (Wildman–Crippen MR) is 106 cm³/mol. The normalized spacial score (nSPS) is 13.3. The molecular weight excluding hydrogens is 382 g/mol. The second-order valence-corrected chi connectivity index (χ2v) is 7.94. The van der Waals surface area contributed by atoms with Crippen LogP contribution in [0, 0.1) is 0 Å². The minimum Gasteiger partial charge on any atom is -0.323 e. The highest BCUT2D eigenvalue weighted by Gasteiger charge is 2.26. The highest BCUT2D eigenvalue weighted by molar-refractivity contribution is 7.99. The number of para-hydroxylation sites is 2. The molecule has 138 valence electrons. The number of nitrogens with one attached hydrogen (secondary N) is 1. The monoisotopic (exact) mass is 399 g/mol. The van der Waals surface area contributed by atoms with Gasteiger partial charge in [0.05, 0.1) is 17.1 Å². The van der Waals surface area contributed by atoms with Gasteiger partial charge >= 0.3 is 0 Å². The molecule has 0 atom stereocenters. The van der Waals surface area contributed by atoms with Crippen molar-refractivity contribution >= 4 is 46.3 Å². The number of benzene rings is 1. The smallest absolute Gasteiger partial charge is 0.244 e. The Hall–Kier alpha value is -2.65. The maximum absolute atomic E-state index is 12.7. The lowest BCUT2D eigenvalue weighted by Crippen LogP contribution is -2.43. The average Bonchev–Trinajstić information content (AvgIpc) is 3.35. The summed E-state index contributed by atoms with van der Waals surface area (Å²) in [4.78, 5) is 27.4. The molecule has 0 aliphatic carbocycles. The number of thiophene rings is 1. The Kier molecular flexibility index (Phi) is 5.21. The molecule has 2 amide bonds. The summed E-state index contributed by atoms with van der Waals surface area (Å²) in [6.07, 6.45) is 2.58. The first-order valence-electron chi connectivity index (χ1n) is 8.43. The van der Waals surface area contributed by atoms with Crippen LogP contribution in [0.2, 0.25) is 0 Å². The highest BCUT2D eigenvalue weighted by Crippen LogP contribution is 2.29. The molecule has 1 aromatic carbocycles. The minimum atomic E-state index is -0.189. The molecular formula is C18H17N5O2S2. The molecule has 1 N–H and O–H groups in total. The number of aryl methyl sites for hydroxylation is 2. The summed E-state index contributed by atoms with van der Waals surface area (Å²) in [5, 5.41) is 13.6. The second kappa shape index (κ2) is 7.93. The quantitative estimate of drug-likeness (QED) is 0.645. The molecule has 3 heterocycles. The fraction of sp³-hybridized carbons (Fsp3) is 0.222. The van der Waals surface area contributed by atoms with Gasteiger partial charge in [-0.05, 0) is 30.0 Å². The van der Waals surface area contributed by atoms with Gasteiger partial charge in [-0.2, -0.15) is 0 Å². The number of carbonyl (C=O) groups excluding carboxylic acids is 2. The predicted octanol–water partition coefficient (Wildman–Crippen LogP) is 2.66. The van der Waals surface area contributed by atoms with E-state index in [2.05, 4.69) is 27.0 Å². The first-order chi connectivity index (χ1) is 13.2. The maximum Gasteiger partial charge on any atom is 0.244 e. The van der Waals surface area contributed by atoms with Gasteiger partial charge in [-0.3, -0.25) is 9.59 Å². The number of amides is 2. The van der Waals surface area contributed by atoms with E-state index < -0.39 is 0 Å². The maximum atomic E-state index is 12.7. The lowest BCUT2D eigenvalue weighted by Gasteiger charge is -2.29. The number of aromatic nitrogens is 3. The third kappa shape index (κ3) is 4.04. The van der Waals surface area contributed by atoms with Gasteiger partial charge in [-0.1, -0.05) is 30.0 Å². The van der Waals surface area contributed by atoms with Crippen molar-refractivity contribution in [3.8, 4) is 0 Å². The van der Waals surface area contributed by atoms with Crippen molar-refractivity contribution in [3.05, 3.63) is 53.0 Å². The van der Waals surface area contributed by atoms with Crippen LogP contribution in [0.25, 0.3) is 0 Å². The SMILES string of the molecule is O=C1CN(C(=O)CSc2nncn2CCc2cccs2)c2ccccc2N1. The van der Waals surface area contributed by atoms with Gasteiger partial charge in [0.1, 0.15) is 12.9 Å². The third-order valence-corrected chi connectivity index (χ3v) is 6.06. The molecule has 0 radical (unpaired) electrons. The van der Waals surface area contributed by atoms with Gasteiger partial charge in [0.15, 0.2) is 5.16 Å². The fourth-order valence-electron chi connectivity index (χ4n) is 2.85. The van der Waals surface area contributed by atoms with Crippen LogP contribution in [0.3, 0.4) is 0 Å². The van der Waals surface area contributed by atoms with E-state index in [-0.39, 0.29) is 24.1 Å². The van der Waals surface area contributed by atoms with Crippen LogP contribution in [0.15, 0.2) is 53.3 Å². The Morgan fingerprint density at radius 3 is 3.00 bits per heavy atom. The zero-order valence-electron chi connectivity index (χ0n) is 14.4.